The normalized spacial score (nSPS) is 14.4. The molecule has 1 aromatic carbocycles. The molecule has 0 atom stereocenters. The van der Waals surface area contributed by atoms with Gasteiger partial charge < -0.3 is 9.88 Å². The first-order valence-corrected chi connectivity index (χ1v) is 8.93. The standard InChI is InChI=1S/C18H21N3S/c1-4-8-18-14(5-1)11-15(22-18)12-19-9-10-21-13-20-16-6-2-3-7-17(16)21/h1,4-5,8,11,13,19H,2-3,6-7,9-10,12H2. The topological polar surface area (TPSA) is 29.9 Å². The lowest BCUT2D eigenvalue weighted by molar-refractivity contribution is 0.564. The molecule has 1 N–H and O–H groups in total. The van der Waals surface area contributed by atoms with Crippen LogP contribution in [0.2, 0.25) is 0 Å². The fraction of sp³-hybridized carbons (Fsp3) is 0.389. The molecule has 0 amide bonds. The summed E-state index contributed by atoms with van der Waals surface area (Å²) in [6, 6.07) is 10.9. The van der Waals surface area contributed by atoms with Crippen LogP contribution in [-0.4, -0.2) is 16.1 Å². The number of rotatable bonds is 5. The van der Waals surface area contributed by atoms with Crippen molar-refractivity contribution in [3.63, 3.8) is 0 Å². The van der Waals surface area contributed by atoms with E-state index in [0.29, 0.717) is 0 Å². The second-order valence-electron chi connectivity index (χ2n) is 5.97. The Morgan fingerprint density at radius 3 is 3.05 bits per heavy atom. The first-order valence-electron chi connectivity index (χ1n) is 8.11. The van der Waals surface area contributed by atoms with Gasteiger partial charge in [-0.25, -0.2) is 4.98 Å². The van der Waals surface area contributed by atoms with Crippen LogP contribution in [0.3, 0.4) is 0 Å². The molecule has 22 heavy (non-hydrogen) atoms. The molecular formula is C18H21N3S. The van der Waals surface area contributed by atoms with E-state index in [1.54, 1.807) is 0 Å². The Bertz CT molecular complexity index is 739. The summed E-state index contributed by atoms with van der Waals surface area (Å²) in [6.45, 7) is 2.97. The fourth-order valence-electron chi connectivity index (χ4n) is 3.26. The van der Waals surface area contributed by atoms with Gasteiger partial charge >= 0.3 is 0 Å². The maximum Gasteiger partial charge on any atom is 0.0952 e. The van der Waals surface area contributed by atoms with E-state index in [1.807, 2.05) is 17.7 Å². The molecule has 0 saturated heterocycles. The maximum absolute atomic E-state index is 4.56. The van der Waals surface area contributed by atoms with Crippen molar-refractivity contribution in [2.75, 3.05) is 6.54 Å². The largest absolute Gasteiger partial charge is 0.333 e. The quantitative estimate of drug-likeness (QED) is 0.727. The number of fused-ring (bicyclic) bond motifs is 2. The fourth-order valence-corrected chi connectivity index (χ4v) is 4.29. The van der Waals surface area contributed by atoms with E-state index in [9.17, 15) is 0 Å². The molecular weight excluding hydrogens is 290 g/mol. The van der Waals surface area contributed by atoms with Crippen LogP contribution in [-0.2, 0) is 25.9 Å². The summed E-state index contributed by atoms with van der Waals surface area (Å²) in [5, 5.41) is 4.92. The van der Waals surface area contributed by atoms with Gasteiger partial charge in [-0.3, -0.25) is 0 Å². The van der Waals surface area contributed by atoms with Crippen LogP contribution >= 0.6 is 11.3 Å². The van der Waals surface area contributed by atoms with E-state index in [-0.39, 0.29) is 0 Å². The van der Waals surface area contributed by atoms with Gasteiger partial charge in [0.2, 0.25) is 0 Å². The van der Waals surface area contributed by atoms with Crippen molar-refractivity contribution < 1.29 is 0 Å². The second kappa shape index (κ2) is 6.23. The zero-order chi connectivity index (χ0) is 14.8. The Kier molecular flexibility index (Phi) is 3.95. The van der Waals surface area contributed by atoms with Gasteiger partial charge in [0, 0.05) is 34.9 Å². The number of hydrogen-bond donors (Lipinski definition) is 1. The van der Waals surface area contributed by atoms with Crippen molar-refractivity contribution >= 4 is 21.4 Å². The van der Waals surface area contributed by atoms with Crippen LogP contribution in [0, 0.1) is 0 Å². The van der Waals surface area contributed by atoms with Crippen LogP contribution in [0.15, 0.2) is 36.7 Å². The Labute approximate surface area is 135 Å². The zero-order valence-electron chi connectivity index (χ0n) is 12.7. The summed E-state index contributed by atoms with van der Waals surface area (Å²) in [7, 11) is 0. The summed E-state index contributed by atoms with van der Waals surface area (Å²) in [5.74, 6) is 0. The molecule has 3 aromatic rings. The van der Waals surface area contributed by atoms with E-state index < -0.39 is 0 Å². The van der Waals surface area contributed by atoms with E-state index in [4.69, 9.17) is 0 Å². The second-order valence-corrected chi connectivity index (χ2v) is 7.13. The smallest absolute Gasteiger partial charge is 0.0952 e. The van der Waals surface area contributed by atoms with Crippen LogP contribution in [0.1, 0.15) is 29.1 Å². The number of nitrogens with one attached hydrogen (secondary N) is 1. The Morgan fingerprint density at radius 1 is 1.18 bits per heavy atom. The Hall–Kier alpha value is -1.65. The summed E-state index contributed by atoms with van der Waals surface area (Å²) < 4.78 is 3.72. The average Bonchev–Trinajstić information content (AvgIpc) is 3.15. The van der Waals surface area contributed by atoms with Crippen LogP contribution in [0.4, 0.5) is 0 Å². The number of aryl methyl sites for hydroxylation is 1. The summed E-state index contributed by atoms with van der Waals surface area (Å²) in [6.07, 6.45) is 7.00. The minimum absolute atomic E-state index is 0.955. The van der Waals surface area contributed by atoms with Gasteiger partial charge in [-0.1, -0.05) is 18.2 Å². The van der Waals surface area contributed by atoms with Gasteiger partial charge in [0.25, 0.3) is 0 Å². The van der Waals surface area contributed by atoms with Gasteiger partial charge in [0.15, 0.2) is 0 Å². The third-order valence-electron chi connectivity index (χ3n) is 4.42. The maximum atomic E-state index is 4.56. The zero-order valence-corrected chi connectivity index (χ0v) is 13.5. The average molecular weight is 311 g/mol. The van der Waals surface area contributed by atoms with Crippen molar-refractivity contribution in [2.45, 2.75) is 38.8 Å². The lowest BCUT2D eigenvalue weighted by Gasteiger charge is -2.14. The van der Waals surface area contributed by atoms with E-state index in [2.05, 4.69) is 45.2 Å². The molecule has 0 fully saturated rings. The van der Waals surface area contributed by atoms with Gasteiger partial charge in [-0.15, -0.1) is 11.3 Å². The third kappa shape index (κ3) is 2.81. The van der Waals surface area contributed by atoms with E-state index >= 15 is 0 Å². The monoisotopic (exact) mass is 311 g/mol. The minimum Gasteiger partial charge on any atom is -0.333 e. The van der Waals surface area contributed by atoms with Crippen LogP contribution in [0.5, 0.6) is 0 Å². The lowest BCUT2D eigenvalue weighted by Crippen LogP contribution is -2.20. The number of imidazole rings is 1. The molecule has 114 valence electrons. The van der Waals surface area contributed by atoms with Crippen molar-refractivity contribution in [3.8, 4) is 0 Å². The highest BCUT2D eigenvalue weighted by Gasteiger charge is 2.14. The molecule has 4 rings (SSSR count). The number of thiophene rings is 1. The first kappa shape index (κ1) is 14.0. The molecule has 4 heteroatoms. The third-order valence-corrected chi connectivity index (χ3v) is 5.53. The SMILES string of the molecule is c1ccc2sc(CNCCn3cnc4c3CCCC4)cc2c1. The summed E-state index contributed by atoms with van der Waals surface area (Å²) >= 11 is 1.89. The highest BCUT2D eigenvalue weighted by molar-refractivity contribution is 7.19. The molecule has 0 radical (unpaired) electrons. The number of benzene rings is 1. The lowest BCUT2D eigenvalue weighted by atomic mass is 10.0. The molecule has 0 saturated carbocycles. The molecule has 1 aliphatic carbocycles. The van der Waals surface area contributed by atoms with Crippen LogP contribution < -0.4 is 5.32 Å². The van der Waals surface area contributed by atoms with E-state index in [1.165, 1.54) is 45.6 Å². The van der Waals surface area contributed by atoms with Gasteiger partial charge in [0.1, 0.15) is 0 Å². The number of hydrogen-bond acceptors (Lipinski definition) is 3. The van der Waals surface area contributed by atoms with Crippen molar-refractivity contribution in [3.05, 3.63) is 52.9 Å². The van der Waals surface area contributed by atoms with Crippen molar-refractivity contribution in [1.82, 2.24) is 14.9 Å². The highest BCUT2D eigenvalue weighted by atomic mass is 32.1. The highest BCUT2D eigenvalue weighted by Crippen LogP contribution is 2.25. The molecule has 0 aliphatic heterocycles. The molecule has 1 aliphatic rings. The summed E-state index contributed by atoms with van der Waals surface area (Å²) in [5.41, 5.74) is 2.80. The first-order chi connectivity index (χ1) is 10.9. The number of aromatic nitrogens is 2. The predicted molar refractivity (Wildman–Crippen MR) is 92.4 cm³/mol. The molecule has 2 heterocycles. The van der Waals surface area contributed by atoms with Gasteiger partial charge in [-0.2, -0.15) is 0 Å². The predicted octanol–water partition coefficient (Wildman–Crippen LogP) is 3.77. The molecule has 3 nitrogen and oxygen atoms in total. The number of nitrogens with zero attached hydrogens (tertiary/aromatic N) is 2. The van der Waals surface area contributed by atoms with Gasteiger partial charge in [0.05, 0.1) is 12.0 Å². The Balaban J connectivity index is 1.33. The molecule has 0 bridgehead atoms. The minimum atomic E-state index is 0.955. The van der Waals surface area contributed by atoms with E-state index in [0.717, 1.165) is 26.1 Å². The summed E-state index contributed by atoms with van der Waals surface area (Å²) in [4.78, 5) is 5.97. The van der Waals surface area contributed by atoms with Crippen LogP contribution in [0.25, 0.3) is 10.1 Å². The molecule has 0 spiro atoms. The molecule has 0 unspecified atom stereocenters. The Morgan fingerprint density at radius 2 is 2.09 bits per heavy atom. The van der Waals surface area contributed by atoms with Crippen molar-refractivity contribution in [1.29, 1.82) is 0 Å². The van der Waals surface area contributed by atoms with Crippen molar-refractivity contribution in [2.24, 2.45) is 0 Å². The van der Waals surface area contributed by atoms with Gasteiger partial charge in [-0.05, 0) is 43.2 Å². The molecule has 2 aromatic heterocycles.